The second-order valence-electron chi connectivity index (χ2n) is 3.17. The van der Waals surface area contributed by atoms with Crippen LogP contribution >= 0.6 is 23.2 Å². The summed E-state index contributed by atoms with van der Waals surface area (Å²) in [6.45, 7) is -3.04. The molecule has 1 N–H and O–H groups in total. The molecule has 1 aromatic rings. The zero-order valence-electron chi connectivity index (χ0n) is 12.4. The van der Waals surface area contributed by atoms with Crippen molar-refractivity contribution in [2.24, 2.45) is 4.99 Å². The van der Waals surface area contributed by atoms with Crippen LogP contribution in [-0.2, 0) is 0 Å². The summed E-state index contributed by atoms with van der Waals surface area (Å²) >= 11 is 11.9. The highest BCUT2D eigenvalue weighted by molar-refractivity contribution is 6.37. The van der Waals surface area contributed by atoms with Gasteiger partial charge in [0.2, 0.25) is 0 Å². The average Bonchev–Trinajstić information content (AvgIpc) is 2.53. The van der Waals surface area contributed by atoms with Gasteiger partial charge >= 0.3 is 0 Å². The molecule has 5 heteroatoms. The Hall–Kier alpha value is -0.930. The van der Waals surface area contributed by atoms with Crippen molar-refractivity contribution in [1.82, 2.24) is 5.32 Å². The molecular formula is C11H12Cl2N2O. The van der Waals surface area contributed by atoms with E-state index in [9.17, 15) is 0 Å². The van der Waals surface area contributed by atoms with Crippen LogP contribution in [0.2, 0.25) is 10.0 Å². The van der Waals surface area contributed by atoms with Crippen molar-refractivity contribution in [3.8, 4) is 5.75 Å². The Morgan fingerprint density at radius 3 is 2.75 bits per heavy atom. The molecule has 0 amide bonds. The van der Waals surface area contributed by atoms with Gasteiger partial charge in [-0.25, -0.2) is 0 Å². The molecular weight excluding hydrogens is 247 g/mol. The van der Waals surface area contributed by atoms with Crippen LogP contribution in [0.1, 0.15) is 12.4 Å². The minimum atomic E-state index is -2.36. The lowest BCUT2D eigenvalue weighted by Crippen LogP contribution is -2.33. The fraction of sp³-hybridized carbons (Fsp3) is 0.364. The lowest BCUT2D eigenvalue weighted by Gasteiger charge is -2.16. The Kier molecular flexibility index (Phi) is 2.28. The summed E-state index contributed by atoms with van der Waals surface area (Å²) < 4.78 is 35.6. The predicted molar refractivity (Wildman–Crippen MR) is 66.9 cm³/mol. The Bertz CT molecular complexity index is 545. The molecule has 0 aliphatic carbocycles. The van der Waals surface area contributed by atoms with Crippen molar-refractivity contribution in [3.63, 3.8) is 0 Å². The molecule has 1 heterocycles. The summed E-state index contributed by atoms with van der Waals surface area (Å²) in [5.41, 5.74) is 0. The summed E-state index contributed by atoms with van der Waals surface area (Å²) in [7, 11) is 0. The van der Waals surface area contributed by atoms with Gasteiger partial charge in [0.05, 0.1) is 22.0 Å². The smallest absolute Gasteiger partial charge is 0.157 e. The number of hydrogen-bond acceptors (Lipinski definition) is 3. The van der Waals surface area contributed by atoms with Gasteiger partial charge in [0, 0.05) is 6.50 Å². The zero-order chi connectivity index (χ0) is 15.1. The molecule has 0 fully saturated rings. The molecule has 0 radical (unpaired) electrons. The van der Waals surface area contributed by atoms with Gasteiger partial charge in [0.25, 0.3) is 0 Å². The molecule has 1 aliphatic rings. The SMILES string of the molecule is [2H]C1([2H])N=C([C@@H](C)Oc2c(Cl)cccc2Cl)NC1([2H])[2H]. The molecule has 0 saturated heterocycles. The van der Waals surface area contributed by atoms with Gasteiger partial charge in [0.15, 0.2) is 11.9 Å². The summed E-state index contributed by atoms with van der Waals surface area (Å²) in [5.74, 6) is 0.317. The Morgan fingerprint density at radius 2 is 2.19 bits per heavy atom. The van der Waals surface area contributed by atoms with Crippen LogP contribution in [0.15, 0.2) is 23.2 Å². The van der Waals surface area contributed by atoms with E-state index in [0.717, 1.165) is 0 Å². The van der Waals surface area contributed by atoms with Crippen LogP contribution in [0.5, 0.6) is 5.75 Å². The fourth-order valence-electron chi connectivity index (χ4n) is 1.23. The third kappa shape index (κ3) is 2.42. The minimum Gasteiger partial charge on any atom is -0.480 e. The Labute approximate surface area is 110 Å². The number of halogens is 2. The van der Waals surface area contributed by atoms with Crippen molar-refractivity contribution >= 4 is 29.0 Å². The maximum Gasteiger partial charge on any atom is 0.157 e. The Morgan fingerprint density at radius 1 is 1.50 bits per heavy atom. The van der Waals surface area contributed by atoms with E-state index in [2.05, 4.69) is 10.3 Å². The fourth-order valence-corrected chi connectivity index (χ4v) is 1.71. The molecule has 2 rings (SSSR count). The van der Waals surface area contributed by atoms with Crippen molar-refractivity contribution in [1.29, 1.82) is 0 Å². The van der Waals surface area contributed by atoms with E-state index < -0.39 is 19.1 Å². The predicted octanol–water partition coefficient (Wildman–Crippen LogP) is 2.76. The zero-order valence-corrected chi connectivity index (χ0v) is 9.93. The molecule has 1 aromatic carbocycles. The number of rotatable bonds is 3. The van der Waals surface area contributed by atoms with Crippen LogP contribution in [-0.4, -0.2) is 24.9 Å². The normalized spacial score (nSPS) is 26.6. The van der Waals surface area contributed by atoms with Gasteiger partial charge in [-0.3, -0.25) is 4.99 Å². The van der Waals surface area contributed by atoms with Crippen LogP contribution in [0.4, 0.5) is 0 Å². The number of benzene rings is 1. The molecule has 0 aromatic heterocycles. The first kappa shape index (κ1) is 7.41. The van der Waals surface area contributed by atoms with Crippen molar-refractivity contribution in [2.45, 2.75) is 13.0 Å². The maximum absolute atomic E-state index is 7.54. The minimum absolute atomic E-state index is 0.0657. The van der Waals surface area contributed by atoms with Gasteiger partial charge in [-0.2, -0.15) is 0 Å². The van der Waals surface area contributed by atoms with E-state index >= 15 is 0 Å². The first-order chi connectivity index (χ1) is 9.14. The number of hydrogen-bond donors (Lipinski definition) is 1. The Balaban J connectivity index is 2.21. The largest absolute Gasteiger partial charge is 0.480 e. The first-order valence-electron chi connectivity index (χ1n) is 6.63. The topological polar surface area (TPSA) is 33.6 Å². The highest BCUT2D eigenvalue weighted by Gasteiger charge is 2.17. The van der Waals surface area contributed by atoms with Crippen LogP contribution in [0.25, 0.3) is 0 Å². The number of nitrogens with zero attached hydrogens (tertiary/aromatic N) is 1. The summed E-state index contributed by atoms with van der Waals surface area (Å²) in [6.07, 6.45) is -0.722. The van der Waals surface area contributed by atoms with E-state index in [0.29, 0.717) is 10.0 Å². The average molecular weight is 263 g/mol. The van der Waals surface area contributed by atoms with E-state index in [1.165, 1.54) is 0 Å². The molecule has 86 valence electrons. The molecule has 1 atom stereocenters. The molecule has 0 bridgehead atoms. The lowest BCUT2D eigenvalue weighted by atomic mass is 10.3. The molecule has 0 spiro atoms. The van der Waals surface area contributed by atoms with Crippen LogP contribution in [0, 0.1) is 0 Å². The molecule has 16 heavy (non-hydrogen) atoms. The molecule has 0 unspecified atom stereocenters. The van der Waals surface area contributed by atoms with E-state index in [-0.39, 0.29) is 11.6 Å². The van der Waals surface area contributed by atoms with Gasteiger partial charge < -0.3 is 10.1 Å². The number of nitrogens with one attached hydrogen (secondary N) is 1. The molecule has 1 aliphatic heterocycles. The maximum atomic E-state index is 7.54. The third-order valence-electron chi connectivity index (χ3n) is 2.02. The summed E-state index contributed by atoms with van der Waals surface area (Å²) in [4.78, 5) is 3.68. The monoisotopic (exact) mass is 262 g/mol. The van der Waals surface area contributed by atoms with Gasteiger partial charge in [-0.05, 0) is 19.1 Å². The quantitative estimate of drug-likeness (QED) is 0.909. The van der Waals surface area contributed by atoms with E-state index in [4.69, 9.17) is 33.4 Å². The van der Waals surface area contributed by atoms with E-state index in [1.807, 2.05) is 0 Å². The number of amidine groups is 1. The number of ether oxygens (including phenoxy) is 1. The van der Waals surface area contributed by atoms with Gasteiger partial charge in [-0.1, -0.05) is 29.3 Å². The number of para-hydroxylation sites is 1. The van der Waals surface area contributed by atoms with Crippen LogP contribution in [0.3, 0.4) is 0 Å². The standard InChI is InChI=1S/C11H12Cl2N2O/c1-7(11-14-5-6-15-11)16-10-8(12)3-2-4-9(10)13/h2-4,7H,5-6H2,1H3,(H,14,15)/t7-/m1/s1/i5D2,6D2. The molecule has 3 nitrogen and oxygen atoms in total. The van der Waals surface area contributed by atoms with Crippen molar-refractivity contribution in [3.05, 3.63) is 28.2 Å². The van der Waals surface area contributed by atoms with Gasteiger partial charge in [0.1, 0.15) is 5.84 Å². The molecule has 0 saturated carbocycles. The summed E-state index contributed by atoms with van der Waals surface area (Å²) in [5, 5.41) is 3.00. The van der Waals surface area contributed by atoms with Crippen LogP contribution < -0.4 is 10.1 Å². The highest BCUT2D eigenvalue weighted by atomic mass is 35.5. The lowest BCUT2D eigenvalue weighted by molar-refractivity contribution is 0.284. The second kappa shape index (κ2) is 4.93. The highest BCUT2D eigenvalue weighted by Crippen LogP contribution is 2.33. The second-order valence-corrected chi connectivity index (χ2v) is 3.98. The first-order valence-corrected chi connectivity index (χ1v) is 5.38. The number of aliphatic imine (C=N–C) groups is 1. The summed E-state index contributed by atoms with van der Waals surface area (Å²) in [6, 6.07) is 4.89. The van der Waals surface area contributed by atoms with Crippen molar-refractivity contribution in [2.75, 3.05) is 13.0 Å². The van der Waals surface area contributed by atoms with Crippen molar-refractivity contribution < 1.29 is 10.2 Å². The third-order valence-corrected chi connectivity index (χ3v) is 2.62. The van der Waals surface area contributed by atoms with E-state index in [1.54, 1.807) is 25.1 Å². The van der Waals surface area contributed by atoms with Gasteiger partial charge in [-0.15, -0.1) is 0 Å².